The molecule has 0 bridgehead atoms. The lowest BCUT2D eigenvalue weighted by molar-refractivity contribution is -0.167. The van der Waals surface area contributed by atoms with Gasteiger partial charge in [-0.15, -0.1) is 0 Å². The van der Waals surface area contributed by atoms with E-state index in [2.05, 4.69) is 69.4 Å². The second-order valence-electron chi connectivity index (χ2n) is 20.2. The molecule has 0 aliphatic heterocycles. The zero-order chi connectivity index (χ0) is 50.0. The number of ether oxygens (including phenoxy) is 3. The molecule has 0 fully saturated rings. The standard InChI is InChI=1S/C63H114O6/c1-4-7-10-13-16-19-22-25-28-30-31-33-35-38-41-44-47-50-53-56-62(65)68-59-60(58-67-61(64)55-52-49-46-43-40-37-34-27-24-21-18-15-12-9-6-3)69-63(66)57-54-51-48-45-42-39-36-32-29-26-23-20-17-14-11-8-5-2/h9,12,18,21,27,30-31,34,60H,4-8,10-11,13-17,19-20,22-26,28-29,32-33,35-59H2,1-3H3/b12-9-,21-18-,31-30-,34-27-/t60-/m1/s1. The lowest BCUT2D eigenvalue weighted by Gasteiger charge is -2.18. The molecule has 0 amide bonds. The van der Waals surface area contributed by atoms with Crippen molar-refractivity contribution in [3.8, 4) is 0 Å². The Balaban J connectivity index is 4.36. The molecule has 0 saturated carbocycles. The highest BCUT2D eigenvalue weighted by Gasteiger charge is 2.19. The number of unbranched alkanes of at least 4 members (excludes halogenated alkanes) is 36. The predicted octanol–water partition coefficient (Wildman–Crippen LogP) is 20.2. The van der Waals surface area contributed by atoms with Crippen LogP contribution in [0.3, 0.4) is 0 Å². The quantitative estimate of drug-likeness (QED) is 0.0262. The van der Waals surface area contributed by atoms with Gasteiger partial charge in [0, 0.05) is 19.3 Å². The second kappa shape index (κ2) is 57.9. The summed E-state index contributed by atoms with van der Waals surface area (Å²) < 4.78 is 16.9. The van der Waals surface area contributed by atoms with Crippen LogP contribution in [-0.2, 0) is 28.6 Å². The molecule has 0 aromatic rings. The van der Waals surface area contributed by atoms with Crippen LogP contribution in [0.1, 0.15) is 316 Å². The minimum absolute atomic E-state index is 0.0779. The van der Waals surface area contributed by atoms with E-state index in [0.717, 1.165) is 96.3 Å². The Kier molecular flexibility index (Phi) is 55.7. The lowest BCUT2D eigenvalue weighted by Crippen LogP contribution is -2.30. The van der Waals surface area contributed by atoms with Crippen LogP contribution in [-0.4, -0.2) is 37.2 Å². The second-order valence-corrected chi connectivity index (χ2v) is 20.2. The highest BCUT2D eigenvalue weighted by Crippen LogP contribution is 2.17. The fourth-order valence-corrected chi connectivity index (χ4v) is 8.81. The van der Waals surface area contributed by atoms with Crippen molar-refractivity contribution >= 4 is 17.9 Å². The number of rotatable bonds is 55. The Morgan fingerprint density at radius 2 is 0.565 bits per heavy atom. The summed E-state index contributed by atoms with van der Waals surface area (Å²) >= 11 is 0. The van der Waals surface area contributed by atoms with Crippen LogP contribution in [0.2, 0.25) is 0 Å². The number of esters is 3. The maximum absolute atomic E-state index is 12.9. The molecular weight excluding hydrogens is 853 g/mol. The van der Waals surface area contributed by atoms with Gasteiger partial charge < -0.3 is 14.2 Å². The van der Waals surface area contributed by atoms with Crippen molar-refractivity contribution < 1.29 is 28.6 Å². The first-order valence-electron chi connectivity index (χ1n) is 30.1. The first kappa shape index (κ1) is 66.4. The summed E-state index contributed by atoms with van der Waals surface area (Å²) in [5.74, 6) is -0.881. The smallest absolute Gasteiger partial charge is 0.306 e. The van der Waals surface area contributed by atoms with Gasteiger partial charge in [0.25, 0.3) is 0 Å². The number of carbonyl (C=O) groups is 3. The van der Waals surface area contributed by atoms with Crippen LogP contribution in [0.15, 0.2) is 48.6 Å². The average molecular weight is 968 g/mol. The number of hydrogen-bond donors (Lipinski definition) is 0. The van der Waals surface area contributed by atoms with E-state index in [9.17, 15) is 14.4 Å². The molecule has 0 spiro atoms. The van der Waals surface area contributed by atoms with Crippen molar-refractivity contribution in [1.82, 2.24) is 0 Å². The number of hydrogen-bond acceptors (Lipinski definition) is 6. The molecular formula is C63H114O6. The number of allylic oxidation sites excluding steroid dienone is 8. The first-order chi connectivity index (χ1) is 34.0. The normalized spacial score (nSPS) is 12.3. The molecule has 0 radical (unpaired) electrons. The molecule has 0 N–H and O–H groups in total. The summed E-state index contributed by atoms with van der Waals surface area (Å²) in [6, 6.07) is 0. The Hall–Kier alpha value is -2.63. The highest BCUT2D eigenvalue weighted by atomic mass is 16.6. The molecule has 69 heavy (non-hydrogen) atoms. The molecule has 0 rings (SSSR count). The van der Waals surface area contributed by atoms with E-state index in [1.165, 1.54) is 180 Å². The molecule has 0 aliphatic carbocycles. The third-order valence-electron chi connectivity index (χ3n) is 13.3. The van der Waals surface area contributed by atoms with E-state index < -0.39 is 6.10 Å². The van der Waals surface area contributed by atoms with Crippen molar-refractivity contribution in [2.24, 2.45) is 0 Å². The summed E-state index contributed by atoms with van der Waals surface area (Å²) in [7, 11) is 0. The summed E-state index contributed by atoms with van der Waals surface area (Å²) in [5, 5.41) is 0. The summed E-state index contributed by atoms with van der Waals surface area (Å²) in [5.41, 5.74) is 0. The molecule has 0 aromatic carbocycles. The van der Waals surface area contributed by atoms with Crippen molar-refractivity contribution in [3.05, 3.63) is 48.6 Å². The average Bonchev–Trinajstić information content (AvgIpc) is 3.35. The van der Waals surface area contributed by atoms with Crippen molar-refractivity contribution in [3.63, 3.8) is 0 Å². The molecule has 1 atom stereocenters. The zero-order valence-electron chi connectivity index (χ0n) is 46.1. The van der Waals surface area contributed by atoms with Crippen LogP contribution in [0.5, 0.6) is 0 Å². The predicted molar refractivity (Wildman–Crippen MR) is 298 cm³/mol. The molecule has 0 aliphatic rings. The van der Waals surface area contributed by atoms with Gasteiger partial charge in [0.1, 0.15) is 13.2 Å². The maximum Gasteiger partial charge on any atom is 0.306 e. The van der Waals surface area contributed by atoms with Crippen molar-refractivity contribution in [2.75, 3.05) is 13.2 Å². The monoisotopic (exact) mass is 967 g/mol. The van der Waals surface area contributed by atoms with Gasteiger partial charge in [-0.2, -0.15) is 0 Å². The van der Waals surface area contributed by atoms with Crippen molar-refractivity contribution in [1.29, 1.82) is 0 Å². The van der Waals surface area contributed by atoms with Gasteiger partial charge in [-0.25, -0.2) is 0 Å². The first-order valence-corrected chi connectivity index (χ1v) is 30.1. The van der Waals surface area contributed by atoms with Gasteiger partial charge in [0.05, 0.1) is 0 Å². The van der Waals surface area contributed by atoms with Gasteiger partial charge in [-0.1, -0.05) is 268 Å². The lowest BCUT2D eigenvalue weighted by atomic mass is 10.0. The third kappa shape index (κ3) is 56.2. The largest absolute Gasteiger partial charge is 0.462 e. The molecule has 0 saturated heterocycles. The Labute approximate surface area is 428 Å². The number of carbonyl (C=O) groups excluding carboxylic acids is 3. The van der Waals surface area contributed by atoms with Crippen LogP contribution in [0.4, 0.5) is 0 Å². The van der Waals surface area contributed by atoms with Crippen LogP contribution >= 0.6 is 0 Å². The van der Waals surface area contributed by atoms with Gasteiger partial charge in [-0.05, 0) is 77.0 Å². The van der Waals surface area contributed by atoms with E-state index in [-0.39, 0.29) is 31.1 Å². The van der Waals surface area contributed by atoms with E-state index in [0.29, 0.717) is 19.3 Å². The summed E-state index contributed by atoms with van der Waals surface area (Å²) in [4.78, 5) is 38.2. The van der Waals surface area contributed by atoms with Gasteiger partial charge in [0.2, 0.25) is 0 Å². The van der Waals surface area contributed by atoms with Crippen molar-refractivity contribution in [2.45, 2.75) is 322 Å². The molecule has 402 valence electrons. The summed E-state index contributed by atoms with van der Waals surface area (Å²) in [6.07, 6.45) is 71.0. The van der Waals surface area contributed by atoms with Gasteiger partial charge in [-0.3, -0.25) is 14.4 Å². The minimum Gasteiger partial charge on any atom is -0.462 e. The summed E-state index contributed by atoms with van der Waals surface area (Å²) in [6.45, 7) is 6.56. The minimum atomic E-state index is -0.780. The highest BCUT2D eigenvalue weighted by molar-refractivity contribution is 5.71. The molecule has 6 nitrogen and oxygen atoms in total. The maximum atomic E-state index is 12.9. The van der Waals surface area contributed by atoms with Crippen LogP contribution < -0.4 is 0 Å². The van der Waals surface area contributed by atoms with Crippen LogP contribution in [0, 0.1) is 0 Å². The molecule has 0 heterocycles. The van der Waals surface area contributed by atoms with E-state index in [1.54, 1.807) is 0 Å². The molecule has 0 aromatic heterocycles. The topological polar surface area (TPSA) is 78.9 Å². The zero-order valence-corrected chi connectivity index (χ0v) is 46.1. The Morgan fingerprint density at radius 1 is 0.304 bits per heavy atom. The van der Waals surface area contributed by atoms with Gasteiger partial charge in [0.15, 0.2) is 6.10 Å². The fourth-order valence-electron chi connectivity index (χ4n) is 8.81. The van der Waals surface area contributed by atoms with Crippen LogP contribution in [0.25, 0.3) is 0 Å². The third-order valence-corrected chi connectivity index (χ3v) is 13.3. The van der Waals surface area contributed by atoms with E-state index in [1.807, 2.05) is 0 Å². The van der Waals surface area contributed by atoms with E-state index >= 15 is 0 Å². The molecule has 6 heteroatoms. The Bertz CT molecular complexity index is 1200. The van der Waals surface area contributed by atoms with Gasteiger partial charge >= 0.3 is 17.9 Å². The van der Waals surface area contributed by atoms with E-state index in [4.69, 9.17) is 14.2 Å². The fraction of sp³-hybridized carbons (Fsp3) is 0.825. The molecule has 0 unspecified atom stereocenters. The SMILES string of the molecule is CC/C=C\C/C=C\C/C=C\CCCCCCCC(=O)OC[C@H](COC(=O)CCCCCCCCC/C=C\CCCCCCCCCC)OC(=O)CCCCCCCCCCCCCCCCCCC. The Morgan fingerprint density at radius 3 is 0.899 bits per heavy atom.